The molecule has 1 unspecified atom stereocenters. The number of ether oxygens (including phenoxy) is 2. The van der Waals surface area contributed by atoms with Gasteiger partial charge in [-0.2, -0.15) is 0 Å². The van der Waals surface area contributed by atoms with Crippen molar-refractivity contribution in [3.63, 3.8) is 0 Å². The SMILES string of the molecule is Cc1c(Cc2cccc(OC(C)C=O)c2)c2cc(OC(F)(F)F)ccc2n1C(=O)c1ccc2ccccc2c1. The molecule has 0 bridgehead atoms. The van der Waals surface area contributed by atoms with Gasteiger partial charge in [-0.3, -0.25) is 14.2 Å². The fraction of sp³-hybridized carbons (Fsp3) is 0.161. The van der Waals surface area contributed by atoms with Crippen molar-refractivity contribution in [1.82, 2.24) is 4.57 Å². The molecule has 198 valence electrons. The molecule has 0 saturated heterocycles. The smallest absolute Gasteiger partial charge is 0.483 e. The predicted octanol–water partition coefficient (Wildman–Crippen LogP) is 7.25. The van der Waals surface area contributed by atoms with Crippen LogP contribution in [0.25, 0.3) is 21.7 Å². The van der Waals surface area contributed by atoms with Gasteiger partial charge in [0.15, 0.2) is 12.4 Å². The zero-order valence-electron chi connectivity index (χ0n) is 21.2. The van der Waals surface area contributed by atoms with Crippen LogP contribution in [0.4, 0.5) is 13.2 Å². The summed E-state index contributed by atoms with van der Waals surface area (Å²) in [7, 11) is 0. The van der Waals surface area contributed by atoms with E-state index in [9.17, 15) is 22.8 Å². The third kappa shape index (κ3) is 5.50. The Hall–Kier alpha value is -4.59. The molecular formula is C31H24F3NO4. The number of rotatable bonds is 7. The summed E-state index contributed by atoms with van der Waals surface area (Å²) in [4.78, 5) is 24.8. The molecule has 0 aliphatic heterocycles. The van der Waals surface area contributed by atoms with E-state index in [1.807, 2.05) is 36.4 Å². The van der Waals surface area contributed by atoms with Gasteiger partial charge in [-0.25, -0.2) is 0 Å². The third-order valence-electron chi connectivity index (χ3n) is 6.53. The zero-order chi connectivity index (χ0) is 27.7. The van der Waals surface area contributed by atoms with E-state index in [1.165, 1.54) is 22.8 Å². The van der Waals surface area contributed by atoms with Gasteiger partial charge in [-0.15, -0.1) is 13.2 Å². The van der Waals surface area contributed by atoms with Crippen LogP contribution < -0.4 is 9.47 Å². The topological polar surface area (TPSA) is 57.5 Å². The van der Waals surface area contributed by atoms with Crippen LogP contribution in [0.1, 0.15) is 34.1 Å². The third-order valence-corrected chi connectivity index (χ3v) is 6.53. The molecule has 1 aromatic heterocycles. The number of carbonyl (C=O) groups is 2. The van der Waals surface area contributed by atoms with Gasteiger partial charge >= 0.3 is 6.36 Å². The number of hydrogen-bond acceptors (Lipinski definition) is 4. The number of hydrogen-bond donors (Lipinski definition) is 0. The molecule has 0 saturated carbocycles. The molecule has 39 heavy (non-hydrogen) atoms. The molecule has 0 spiro atoms. The number of aldehydes is 1. The monoisotopic (exact) mass is 531 g/mol. The summed E-state index contributed by atoms with van der Waals surface area (Å²) in [5, 5.41) is 2.36. The molecular weight excluding hydrogens is 507 g/mol. The van der Waals surface area contributed by atoms with E-state index in [0.717, 1.165) is 16.3 Å². The first-order valence-electron chi connectivity index (χ1n) is 12.3. The van der Waals surface area contributed by atoms with Crippen molar-refractivity contribution in [2.45, 2.75) is 32.7 Å². The first-order chi connectivity index (χ1) is 18.6. The van der Waals surface area contributed by atoms with Crippen molar-refractivity contribution >= 4 is 33.9 Å². The Morgan fingerprint density at radius 2 is 1.69 bits per heavy atom. The lowest BCUT2D eigenvalue weighted by atomic mass is 10.0. The maximum Gasteiger partial charge on any atom is 0.573 e. The first kappa shape index (κ1) is 26.0. The summed E-state index contributed by atoms with van der Waals surface area (Å²) in [6.07, 6.45) is -4.49. The number of nitrogens with zero attached hydrogens (tertiary/aromatic N) is 1. The van der Waals surface area contributed by atoms with Crippen molar-refractivity contribution in [1.29, 1.82) is 0 Å². The summed E-state index contributed by atoms with van der Waals surface area (Å²) in [5.41, 5.74) is 2.99. The second kappa shape index (κ2) is 10.3. The zero-order valence-corrected chi connectivity index (χ0v) is 21.2. The summed E-state index contributed by atoms with van der Waals surface area (Å²) in [6.45, 7) is 3.39. The summed E-state index contributed by atoms with van der Waals surface area (Å²) < 4.78 is 50.3. The quantitative estimate of drug-likeness (QED) is 0.208. The molecule has 0 aliphatic carbocycles. The first-order valence-corrected chi connectivity index (χ1v) is 12.3. The second-order valence-electron chi connectivity index (χ2n) is 9.28. The summed E-state index contributed by atoms with van der Waals surface area (Å²) >= 11 is 0. The van der Waals surface area contributed by atoms with Gasteiger partial charge in [0, 0.05) is 16.6 Å². The van der Waals surface area contributed by atoms with Gasteiger partial charge in [0.25, 0.3) is 5.91 Å². The summed E-state index contributed by atoms with van der Waals surface area (Å²) in [6, 6.07) is 24.2. The molecule has 1 atom stereocenters. The number of halogens is 3. The Bertz CT molecular complexity index is 1700. The summed E-state index contributed by atoms with van der Waals surface area (Å²) in [5.74, 6) is -0.179. The van der Waals surface area contributed by atoms with Crippen LogP contribution in [0.15, 0.2) is 84.9 Å². The molecule has 4 aromatic carbocycles. The second-order valence-corrected chi connectivity index (χ2v) is 9.28. The van der Waals surface area contributed by atoms with E-state index >= 15 is 0 Å². The van der Waals surface area contributed by atoms with Gasteiger partial charge in [-0.1, -0.05) is 42.5 Å². The van der Waals surface area contributed by atoms with E-state index in [2.05, 4.69) is 4.74 Å². The average Bonchev–Trinajstić information content (AvgIpc) is 3.17. The van der Waals surface area contributed by atoms with Crippen LogP contribution in [0.3, 0.4) is 0 Å². The highest BCUT2D eigenvalue weighted by atomic mass is 19.4. The van der Waals surface area contributed by atoms with E-state index in [4.69, 9.17) is 4.74 Å². The van der Waals surface area contributed by atoms with E-state index in [1.54, 1.807) is 44.2 Å². The molecule has 0 amide bonds. The Balaban J connectivity index is 1.62. The largest absolute Gasteiger partial charge is 0.573 e. The molecule has 5 rings (SSSR count). The predicted molar refractivity (Wildman–Crippen MR) is 142 cm³/mol. The van der Waals surface area contributed by atoms with Crippen molar-refractivity contribution < 1.29 is 32.2 Å². The maximum absolute atomic E-state index is 13.8. The Kier molecular flexibility index (Phi) is 6.87. The van der Waals surface area contributed by atoms with E-state index < -0.39 is 12.5 Å². The van der Waals surface area contributed by atoms with Crippen molar-refractivity contribution in [3.8, 4) is 11.5 Å². The maximum atomic E-state index is 13.8. The average molecular weight is 532 g/mol. The molecule has 0 aliphatic rings. The van der Waals surface area contributed by atoms with Gasteiger partial charge in [-0.05, 0) is 84.6 Å². The standard InChI is InChI=1S/C31H24F3NO4/c1-19(18-36)38-25-9-5-6-21(14-25)15-27-20(2)35(29-13-12-26(17-28(27)29)39-31(32,33)34)30(37)24-11-10-22-7-3-4-8-23(22)16-24/h3-14,16-19H,15H2,1-2H3. The van der Waals surface area contributed by atoms with Crippen LogP contribution in [0.5, 0.6) is 11.5 Å². The molecule has 0 N–H and O–H groups in total. The van der Waals surface area contributed by atoms with Crippen LogP contribution in [-0.2, 0) is 11.2 Å². The number of alkyl halides is 3. The number of aromatic nitrogens is 1. The van der Waals surface area contributed by atoms with Gasteiger partial charge in [0.2, 0.25) is 0 Å². The van der Waals surface area contributed by atoms with E-state index in [-0.39, 0.29) is 11.7 Å². The molecule has 0 fully saturated rings. The molecule has 5 nitrogen and oxygen atoms in total. The lowest BCUT2D eigenvalue weighted by molar-refractivity contribution is -0.274. The van der Waals surface area contributed by atoms with Gasteiger partial charge in [0.1, 0.15) is 11.5 Å². The van der Waals surface area contributed by atoms with Crippen LogP contribution >= 0.6 is 0 Å². The molecule has 8 heteroatoms. The number of fused-ring (bicyclic) bond motifs is 2. The normalized spacial score (nSPS) is 12.4. The Labute approximate surface area is 222 Å². The lowest BCUT2D eigenvalue weighted by Gasteiger charge is -2.11. The minimum Gasteiger partial charge on any atom is -0.483 e. The minimum absolute atomic E-state index is 0.295. The highest BCUT2D eigenvalue weighted by Gasteiger charge is 2.31. The Morgan fingerprint density at radius 1 is 0.923 bits per heavy atom. The molecule has 1 heterocycles. The van der Waals surface area contributed by atoms with E-state index in [0.29, 0.717) is 46.2 Å². The van der Waals surface area contributed by atoms with Crippen molar-refractivity contribution in [2.75, 3.05) is 0 Å². The fourth-order valence-corrected chi connectivity index (χ4v) is 4.77. The lowest BCUT2D eigenvalue weighted by Crippen LogP contribution is -2.17. The highest BCUT2D eigenvalue weighted by Crippen LogP contribution is 2.34. The number of benzene rings is 4. The Morgan fingerprint density at radius 3 is 2.44 bits per heavy atom. The van der Waals surface area contributed by atoms with Crippen molar-refractivity contribution in [2.24, 2.45) is 0 Å². The van der Waals surface area contributed by atoms with Crippen LogP contribution in [0, 0.1) is 6.92 Å². The molecule has 0 radical (unpaired) electrons. The van der Waals surface area contributed by atoms with Gasteiger partial charge in [0.05, 0.1) is 5.52 Å². The number of carbonyl (C=O) groups excluding carboxylic acids is 2. The molecule has 5 aromatic rings. The van der Waals surface area contributed by atoms with Crippen LogP contribution in [-0.4, -0.2) is 29.2 Å². The fourth-order valence-electron chi connectivity index (χ4n) is 4.77. The van der Waals surface area contributed by atoms with Crippen molar-refractivity contribution in [3.05, 3.63) is 107 Å². The van der Waals surface area contributed by atoms with Crippen LogP contribution in [0.2, 0.25) is 0 Å². The minimum atomic E-state index is -4.85. The highest BCUT2D eigenvalue weighted by molar-refractivity contribution is 6.06. The van der Waals surface area contributed by atoms with Gasteiger partial charge < -0.3 is 9.47 Å².